The minimum absolute atomic E-state index is 0.0724. The first-order chi connectivity index (χ1) is 12.7. The van der Waals surface area contributed by atoms with Crippen LogP contribution in [0.5, 0.6) is 0 Å². The Morgan fingerprint density at radius 1 is 1.22 bits per heavy atom. The summed E-state index contributed by atoms with van der Waals surface area (Å²) in [6.45, 7) is 11.3. The molecule has 1 aromatic rings. The smallest absolute Gasteiger partial charge is 0.410 e. The molecule has 150 valence electrons. The maximum Gasteiger partial charge on any atom is 0.410 e. The van der Waals surface area contributed by atoms with Crippen LogP contribution in [0.1, 0.15) is 56.7 Å². The molecule has 1 aliphatic heterocycles. The van der Waals surface area contributed by atoms with Gasteiger partial charge in [0.25, 0.3) is 0 Å². The highest BCUT2D eigenvalue weighted by molar-refractivity contribution is 5.88. The fourth-order valence-corrected chi connectivity index (χ4v) is 3.38. The molecule has 1 aromatic heterocycles. The second kappa shape index (κ2) is 7.36. The molecule has 0 spiro atoms. The number of piperazine rings is 1. The largest absolute Gasteiger partial charge is 0.461 e. The standard InChI is InChI=1S/C18H29N5O4/c1-6-26-16(24)15-12(2)23(20-19-15)21-9-10-22(14(11-21)13-7-8-13)17(25)27-18(3,4)5/h13-14H,6-11H2,1-5H3. The fourth-order valence-electron chi connectivity index (χ4n) is 3.38. The van der Waals surface area contributed by atoms with Crippen molar-refractivity contribution in [1.82, 2.24) is 20.0 Å². The lowest BCUT2D eigenvalue weighted by Crippen LogP contribution is -2.60. The molecule has 1 aliphatic carbocycles. The van der Waals surface area contributed by atoms with Gasteiger partial charge in [-0.05, 0) is 58.6 Å². The maximum absolute atomic E-state index is 12.6. The van der Waals surface area contributed by atoms with E-state index in [1.807, 2.05) is 30.7 Å². The zero-order valence-electron chi connectivity index (χ0n) is 16.8. The number of amides is 1. The summed E-state index contributed by atoms with van der Waals surface area (Å²) in [7, 11) is 0. The van der Waals surface area contributed by atoms with E-state index in [1.165, 1.54) is 0 Å². The van der Waals surface area contributed by atoms with Crippen molar-refractivity contribution in [2.24, 2.45) is 5.92 Å². The van der Waals surface area contributed by atoms with E-state index in [0.29, 0.717) is 37.9 Å². The second-order valence-corrected chi connectivity index (χ2v) is 8.12. The van der Waals surface area contributed by atoms with Crippen LogP contribution in [-0.4, -0.2) is 69.9 Å². The number of nitrogens with zero attached hydrogens (tertiary/aromatic N) is 5. The summed E-state index contributed by atoms with van der Waals surface area (Å²) in [6.07, 6.45) is 1.96. The molecule has 3 rings (SSSR count). The summed E-state index contributed by atoms with van der Waals surface area (Å²) in [4.78, 5) is 28.1. The third kappa shape index (κ3) is 4.33. The first-order valence-electron chi connectivity index (χ1n) is 9.55. The molecule has 1 saturated carbocycles. The maximum atomic E-state index is 12.6. The van der Waals surface area contributed by atoms with Crippen molar-refractivity contribution >= 4 is 12.1 Å². The van der Waals surface area contributed by atoms with Gasteiger partial charge in [0, 0.05) is 6.54 Å². The summed E-state index contributed by atoms with van der Waals surface area (Å²) in [5.41, 5.74) is 0.363. The average Bonchev–Trinajstić information content (AvgIpc) is 3.35. The molecule has 0 N–H and O–H groups in total. The lowest BCUT2D eigenvalue weighted by atomic mass is 10.1. The van der Waals surface area contributed by atoms with Crippen LogP contribution < -0.4 is 5.01 Å². The molecule has 2 heterocycles. The van der Waals surface area contributed by atoms with Gasteiger partial charge in [-0.1, -0.05) is 0 Å². The predicted octanol–water partition coefficient (Wildman–Crippen LogP) is 1.73. The number of hydrogen-bond donors (Lipinski definition) is 0. The SMILES string of the molecule is CCOC(=O)c1nnn(N2CCN(C(=O)OC(C)(C)C)C(C3CC3)C2)c1C. The number of esters is 1. The number of carbonyl (C=O) groups is 2. The molecule has 1 saturated heterocycles. The van der Waals surface area contributed by atoms with Crippen LogP contribution in [-0.2, 0) is 9.47 Å². The highest BCUT2D eigenvalue weighted by Crippen LogP contribution is 2.37. The Labute approximate surface area is 159 Å². The molecule has 9 nitrogen and oxygen atoms in total. The van der Waals surface area contributed by atoms with Crippen molar-refractivity contribution in [3.8, 4) is 0 Å². The van der Waals surface area contributed by atoms with Crippen molar-refractivity contribution < 1.29 is 19.1 Å². The molecule has 2 fully saturated rings. The van der Waals surface area contributed by atoms with Crippen molar-refractivity contribution in [2.45, 2.75) is 59.1 Å². The molecule has 1 unspecified atom stereocenters. The van der Waals surface area contributed by atoms with Gasteiger partial charge in [0.1, 0.15) is 5.60 Å². The Hall–Kier alpha value is -2.32. The van der Waals surface area contributed by atoms with E-state index >= 15 is 0 Å². The molecule has 0 radical (unpaired) electrons. The summed E-state index contributed by atoms with van der Waals surface area (Å²) in [5.74, 6) is 0.0149. The monoisotopic (exact) mass is 379 g/mol. The normalized spacial score (nSPS) is 20.6. The number of carbonyl (C=O) groups excluding carboxylic acids is 2. The third-order valence-electron chi connectivity index (χ3n) is 4.80. The minimum Gasteiger partial charge on any atom is -0.461 e. The molecular formula is C18H29N5O4. The van der Waals surface area contributed by atoms with E-state index < -0.39 is 11.6 Å². The van der Waals surface area contributed by atoms with Crippen molar-refractivity contribution in [2.75, 3.05) is 31.3 Å². The van der Waals surface area contributed by atoms with Gasteiger partial charge >= 0.3 is 12.1 Å². The molecule has 0 aromatic carbocycles. The van der Waals surface area contributed by atoms with E-state index in [1.54, 1.807) is 18.6 Å². The third-order valence-corrected chi connectivity index (χ3v) is 4.80. The molecule has 0 bridgehead atoms. The van der Waals surface area contributed by atoms with Gasteiger partial charge in [0.05, 0.1) is 31.4 Å². The number of ether oxygens (including phenoxy) is 2. The molecule has 9 heteroatoms. The van der Waals surface area contributed by atoms with E-state index in [2.05, 4.69) is 10.3 Å². The van der Waals surface area contributed by atoms with Gasteiger partial charge in [0.2, 0.25) is 0 Å². The molecule has 1 atom stereocenters. The van der Waals surface area contributed by atoms with E-state index in [9.17, 15) is 9.59 Å². The number of hydrogen-bond acceptors (Lipinski definition) is 7. The van der Waals surface area contributed by atoms with Crippen LogP contribution in [0, 0.1) is 12.8 Å². The molecule has 27 heavy (non-hydrogen) atoms. The van der Waals surface area contributed by atoms with Crippen LogP contribution in [0.25, 0.3) is 0 Å². The zero-order chi connectivity index (χ0) is 19.8. The lowest BCUT2D eigenvalue weighted by Gasteiger charge is -2.42. The summed E-state index contributed by atoms with van der Waals surface area (Å²) >= 11 is 0. The Balaban J connectivity index is 1.74. The van der Waals surface area contributed by atoms with Crippen LogP contribution in [0.15, 0.2) is 0 Å². The average molecular weight is 379 g/mol. The second-order valence-electron chi connectivity index (χ2n) is 8.12. The first-order valence-corrected chi connectivity index (χ1v) is 9.55. The quantitative estimate of drug-likeness (QED) is 0.736. The number of aromatic nitrogens is 3. The van der Waals surface area contributed by atoms with Crippen LogP contribution >= 0.6 is 0 Å². The molecule has 1 amide bonds. The fraction of sp³-hybridized carbons (Fsp3) is 0.778. The van der Waals surface area contributed by atoms with Gasteiger partial charge in [-0.3, -0.25) is 5.01 Å². The van der Waals surface area contributed by atoms with Crippen LogP contribution in [0.3, 0.4) is 0 Å². The van der Waals surface area contributed by atoms with Crippen LogP contribution in [0.2, 0.25) is 0 Å². The lowest BCUT2D eigenvalue weighted by molar-refractivity contribution is 0.00979. The summed E-state index contributed by atoms with van der Waals surface area (Å²) in [5, 5.41) is 10.2. The minimum atomic E-state index is -0.515. The van der Waals surface area contributed by atoms with Crippen LogP contribution in [0.4, 0.5) is 4.79 Å². The highest BCUT2D eigenvalue weighted by atomic mass is 16.6. The van der Waals surface area contributed by atoms with Gasteiger partial charge in [-0.15, -0.1) is 5.10 Å². The summed E-state index contributed by atoms with van der Waals surface area (Å²) < 4.78 is 10.6. The number of rotatable bonds is 4. The first kappa shape index (κ1) is 19.4. The van der Waals surface area contributed by atoms with Gasteiger partial charge in [-0.25, -0.2) is 9.59 Å². The van der Waals surface area contributed by atoms with Crippen molar-refractivity contribution in [1.29, 1.82) is 0 Å². The van der Waals surface area contributed by atoms with Gasteiger partial charge in [-0.2, -0.15) is 4.79 Å². The molecule has 2 aliphatic rings. The Morgan fingerprint density at radius 2 is 1.93 bits per heavy atom. The Kier molecular flexibility index (Phi) is 5.30. The van der Waals surface area contributed by atoms with Crippen molar-refractivity contribution in [3.63, 3.8) is 0 Å². The predicted molar refractivity (Wildman–Crippen MR) is 98.1 cm³/mol. The van der Waals surface area contributed by atoms with E-state index in [4.69, 9.17) is 9.47 Å². The zero-order valence-corrected chi connectivity index (χ0v) is 16.8. The topological polar surface area (TPSA) is 89.8 Å². The van der Waals surface area contributed by atoms with E-state index in [-0.39, 0.29) is 17.8 Å². The van der Waals surface area contributed by atoms with Gasteiger partial charge in [0.15, 0.2) is 5.69 Å². The molecular weight excluding hydrogens is 350 g/mol. The Morgan fingerprint density at radius 3 is 2.52 bits per heavy atom. The van der Waals surface area contributed by atoms with Gasteiger partial charge < -0.3 is 14.4 Å². The summed E-state index contributed by atoms with van der Waals surface area (Å²) in [6, 6.07) is 0.0724. The van der Waals surface area contributed by atoms with Crippen molar-refractivity contribution in [3.05, 3.63) is 11.4 Å². The van der Waals surface area contributed by atoms with E-state index in [0.717, 1.165) is 12.8 Å². The Bertz CT molecular complexity index is 707. The highest BCUT2D eigenvalue weighted by Gasteiger charge is 2.43.